The molecule has 1 fully saturated rings. The van der Waals surface area contributed by atoms with E-state index in [1.54, 1.807) is 0 Å². The van der Waals surface area contributed by atoms with Gasteiger partial charge in [-0.25, -0.2) is 0 Å². The van der Waals surface area contributed by atoms with E-state index in [1.165, 1.54) is 29.2 Å². The SMILES string of the molecule is C=C(O)c1cc2c(o1)C(OCCCN1CCC(c3ccc4ccccc4c3)CC1)=CCC2. The van der Waals surface area contributed by atoms with E-state index in [4.69, 9.17) is 9.15 Å². The first-order valence-corrected chi connectivity index (χ1v) is 11.7. The number of rotatable bonds is 7. The Hall–Kier alpha value is -2.98. The van der Waals surface area contributed by atoms with Crippen molar-refractivity contribution in [3.05, 3.63) is 83.8 Å². The summed E-state index contributed by atoms with van der Waals surface area (Å²) in [7, 11) is 0. The van der Waals surface area contributed by atoms with E-state index in [0.29, 0.717) is 18.3 Å². The molecule has 1 N–H and O–H groups in total. The number of likely N-dealkylation sites (tertiary alicyclic amines) is 1. The summed E-state index contributed by atoms with van der Waals surface area (Å²) in [4.78, 5) is 2.56. The summed E-state index contributed by atoms with van der Waals surface area (Å²) >= 11 is 0. The fourth-order valence-corrected chi connectivity index (χ4v) is 4.96. The normalized spacial score (nSPS) is 17.2. The average Bonchev–Trinajstić information content (AvgIpc) is 3.28. The van der Waals surface area contributed by atoms with Crippen molar-refractivity contribution in [2.45, 2.75) is 38.0 Å². The van der Waals surface area contributed by atoms with E-state index in [-0.39, 0.29) is 5.76 Å². The first kappa shape index (κ1) is 20.9. The lowest BCUT2D eigenvalue weighted by Crippen LogP contribution is -2.34. The van der Waals surface area contributed by atoms with Crippen LogP contribution in [0.1, 0.15) is 54.2 Å². The summed E-state index contributed by atoms with van der Waals surface area (Å²) in [6.07, 6.45) is 7.35. The lowest BCUT2D eigenvalue weighted by atomic mass is 9.88. The first-order valence-electron chi connectivity index (χ1n) is 11.7. The second kappa shape index (κ2) is 9.25. The molecule has 0 radical (unpaired) electrons. The number of ether oxygens (including phenoxy) is 1. The van der Waals surface area contributed by atoms with Crippen LogP contribution in [0, 0.1) is 0 Å². The van der Waals surface area contributed by atoms with Gasteiger partial charge in [-0.2, -0.15) is 0 Å². The molecule has 1 aromatic heterocycles. The molecule has 0 amide bonds. The van der Waals surface area contributed by atoms with E-state index in [2.05, 4.69) is 60.0 Å². The maximum Gasteiger partial charge on any atom is 0.172 e. The van der Waals surface area contributed by atoms with Gasteiger partial charge < -0.3 is 19.2 Å². The highest BCUT2D eigenvalue weighted by Crippen LogP contribution is 2.33. The van der Waals surface area contributed by atoms with Gasteiger partial charge in [-0.05, 0) is 79.6 Å². The Morgan fingerprint density at radius 3 is 2.72 bits per heavy atom. The van der Waals surface area contributed by atoms with Crippen molar-refractivity contribution in [3.8, 4) is 0 Å². The fourth-order valence-electron chi connectivity index (χ4n) is 4.96. The second-order valence-electron chi connectivity index (χ2n) is 8.94. The molecule has 1 aliphatic heterocycles. The molecule has 4 heteroatoms. The van der Waals surface area contributed by atoms with E-state index in [9.17, 15) is 5.11 Å². The van der Waals surface area contributed by atoms with Gasteiger partial charge in [0.2, 0.25) is 0 Å². The zero-order chi connectivity index (χ0) is 21.9. The maximum atomic E-state index is 9.60. The highest BCUT2D eigenvalue weighted by atomic mass is 16.5. The number of allylic oxidation sites excluding steroid dienone is 1. The average molecular weight is 430 g/mol. The number of aliphatic hydroxyl groups excluding tert-OH is 1. The highest BCUT2D eigenvalue weighted by molar-refractivity contribution is 5.83. The van der Waals surface area contributed by atoms with Crippen LogP contribution in [0.15, 0.2) is 65.6 Å². The van der Waals surface area contributed by atoms with Crippen molar-refractivity contribution >= 4 is 22.3 Å². The number of furan rings is 1. The van der Waals surface area contributed by atoms with E-state index in [1.807, 2.05) is 6.07 Å². The van der Waals surface area contributed by atoms with Gasteiger partial charge in [0.15, 0.2) is 23.0 Å². The van der Waals surface area contributed by atoms with Crippen molar-refractivity contribution in [1.82, 2.24) is 4.90 Å². The standard InChI is InChI=1S/C28H31NO3/c1-20(30)27-19-25-8-4-9-26(28(25)32-27)31-17-5-14-29-15-12-22(13-16-29)24-11-10-21-6-2-3-7-23(21)18-24/h2-3,6-7,9-11,18-19,22,30H,1,4-5,8,12-17H2. The van der Waals surface area contributed by atoms with Crippen LogP contribution in [0.5, 0.6) is 0 Å². The van der Waals surface area contributed by atoms with Crippen LogP contribution in [0.3, 0.4) is 0 Å². The zero-order valence-corrected chi connectivity index (χ0v) is 18.6. The number of benzene rings is 2. The zero-order valence-electron chi connectivity index (χ0n) is 18.6. The Morgan fingerprint density at radius 1 is 1.09 bits per heavy atom. The molecule has 3 aromatic rings. The van der Waals surface area contributed by atoms with Gasteiger partial charge >= 0.3 is 0 Å². The van der Waals surface area contributed by atoms with Crippen molar-refractivity contribution < 1.29 is 14.3 Å². The fraction of sp³-hybridized carbons (Fsp3) is 0.357. The number of aliphatic hydroxyl groups is 1. The molecular formula is C28H31NO3. The minimum absolute atomic E-state index is 0.0363. The molecule has 1 saturated heterocycles. The topological polar surface area (TPSA) is 45.8 Å². The summed E-state index contributed by atoms with van der Waals surface area (Å²) in [6, 6.07) is 17.4. The summed E-state index contributed by atoms with van der Waals surface area (Å²) in [5, 5.41) is 12.3. The molecule has 2 aromatic carbocycles. The first-order chi connectivity index (χ1) is 15.7. The highest BCUT2D eigenvalue weighted by Gasteiger charge is 2.22. The Kier molecular flexibility index (Phi) is 6.04. The number of fused-ring (bicyclic) bond motifs is 2. The molecule has 0 unspecified atom stereocenters. The van der Waals surface area contributed by atoms with Crippen molar-refractivity contribution in [3.63, 3.8) is 0 Å². The van der Waals surface area contributed by atoms with Crippen LogP contribution in [-0.4, -0.2) is 36.2 Å². The van der Waals surface area contributed by atoms with Crippen LogP contribution in [0.25, 0.3) is 22.3 Å². The Labute approximate surface area is 189 Å². The Balaban J connectivity index is 1.08. The van der Waals surface area contributed by atoms with E-state index < -0.39 is 0 Å². The van der Waals surface area contributed by atoms with Crippen LogP contribution in [0.2, 0.25) is 0 Å². The monoisotopic (exact) mass is 429 g/mol. The quantitative estimate of drug-likeness (QED) is 0.342. The van der Waals surface area contributed by atoms with Crippen LogP contribution >= 0.6 is 0 Å². The van der Waals surface area contributed by atoms with Crippen molar-refractivity contribution in [1.29, 1.82) is 0 Å². The van der Waals surface area contributed by atoms with Gasteiger partial charge in [0, 0.05) is 12.1 Å². The van der Waals surface area contributed by atoms with Crippen LogP contribution in [-0.2, 0) is 11.2 Å². The molecule has 1 aliphatic carbocycles. The molecule has 4 nitrogen and oxygen atoms in total. The van der Waals surface area contributed by atoms with Gasteiger partial charge in [-0.1, -0.05) is 49.0 Å². The Morgan fingerprint density at radius 2 is 1.91 bits per heavy atom. The minimum Gasteiger partial charge on any atom is -0.505 e. The van der Waals surface area contributed by atoms with Crippen LogP contribution in [0.4, 0.5) is 0 Å². The van der Waals surface area contributed by atoms with Gasteiger partial charge in [0.05, 0.1) is 6.61 Å². The molecule has 5 rings (SSSR count). The summed E-state index contributed by atoms with van der Waals surface area (Å²) in [5.74, 6) is 2.60. The number of hydrogen-bond acceptors (Lipinski definition) is 4. The van der Waals surface area contributed by atoms with E-state index >= 15 is 0 Å². The minimum atomic E-state index is -0.0363. The predicted molar refractivity (Wildman–Crippen MR) is 130 cm³/mol. The van der Waals surface area contributed by atoms with Crippen molar-refractivity contribution in [2.75, 3.05) is 26.2 Å². The smallest absolute Gasteiger partial charge is 0.172 e. The van der Waals surface area contributed by atoms with Gasteiger partial charge in [-0.15, -0.1) is 0 Å². The van der Waals surface area contributed by atoms with Gasteiger partial charge in [0.25, 0.3) is 0 Å². The summed E-state index contributed by atoms with van der Waals surface area (Å²) < 4.78 is 11.8. The third-order valence-electron chi connectivity index (χ3n) is 6.77. The lowest BCUT2D eigenvalue weighted by Gasteiger charge is -2.32. The molecule has 0 atom stereocenters. The largest absolute Gasteiger partial charge is 0.505 e. The number of aryl methyl sites for hydroxylation is 1. The van der Waals surface area contributed by atoms with Crippen LogP contribution < -0.4 is 0 Å². The third-order valence-corrected chi connectivity index (χ3v) is 6.77. The maximum absolute atomic E-state index is 9.60. The summed E-state index contributed by atoms with van der Waals surface area (Å²) in [6.45, 7) is 7.57. The molecule has 2 aliphatic rings. The van der Waals surface area contributed by atoms with Gasteiger partial charge in [0.1, 0.15) is 0 Å². The third kappa shape index (κ3) is 4.46. The number of hydrogen-bond donors (Lipinski definition) is 1. The Bertz CT molecular complexity index is 1130. The molecule has 0 spiro atoms. The molecule has 166 valence electrons. The second-order valence-corrected chi connectivity index (χ2v) is 8.94. The summed E-state index contributed by atoms with van der Waals surface area (Å²) in [5.41, 5.74) is 2.57. The molecular weight excluding hydrogens is 398 g/mol. The van der Waals surface area contributed by atoms with Gasteiger partial charge in [-0.3, -0.25) is 0 Å². The van der Waals surface area contributed by atoms with E-state index in [0.717, 1.165) is 56.0 Å². The molecule has 32 heavy (non-hydrogen) atoms. The lowest BCUT2D eigenvalue weighted by molar-refractivity contribution is 0.183. The number of piperidine rings is 1. The predicted octanol–water partition coefficient (Wildman–Crippen LogP) is 6.53. The number of nitrogens with zero attached hydrogens (tertiary/aromatic N) is 1. The van der Waals surface area contributed by atoms with Crippen molar-refractivity contribution in [2.24, 2.45) is 0 Å². The molecule has 0 bridgehead atoms. The molecule has 2 heterocycles. The molecule has 0 saturated carbocycles.